The Bertz CT molecular complexity index is 430. The Kier molecular flexibility index (Phi) is 3.46. The standard InChI is InChI=1S/C14H24N4/c1-9-12(15)16-10(2)17-13(9)18-11-5-7-14(3,4)8-6-11/h11H,5-8H2,1-4H3,(H3,15,16,17,18). The van der Waals surface area contributed by atoms with Crippen LogP contribution in [0.5, 0.6) is 0 Å². The molecule has 0 aromatic carbocycles. The van der Waals surface area contributed by atoms with Crippen molar-refractivity contribution in [3.8, 4) is 0 Å². The minimum atomic E-state index is 0.494. The molecule has 1 heterocycles. The first-order valence-corrected chi connectivity index (χ1v) is 6.75. The van der Waals surface area contributed by atoms with Gasteiger partial charge in [0.15, 0.2) is 0 Å². The van der Waals surface area contributed by atoms with Crippen LogP contribution in [0.15, 0.2) is 0 Å². The molecule has 1 aromatic rings. The molecule has 0 radical (unpaired) electrons. The second-order valence-electron chi connectivity index (χ2n) is 6.21. The van der Waals surface area contributed by atoms with Gasteiger partial charge in [-0.2, -0.15) is 0 Å². The molecule has 4 heteroatoms. The molecule has 4 nitrogen and oxygen atoms in total. The lowest BCUT2D eigenvalue weighted by molar-refractivity contribution is 0.232. The molecule has 0 amide bonds. The molecule has 3 N–H and O–H groups in total. The summed E-state index contributed by atoms with van der Waals surface area (Å²) in [7, 11) is 0. The number of hydrogen-bond donors (Lipinski definition) is 2. The van der Waals surface area contributed by atoms with E-state index in [9.17, 15) is 0 Å². The van der Waals surface area contributed by atoms with Crippen LogP contribution in [0, 0.1) is 19.3 Å². The zero-order valence-electron chi connectivity index (χ0n) is 11.9. The second kappa shape index (κ2) is 4.75. The fraction of sp³-hybridized carbons (Fsp3) is 0.714. The van der Waals surface area contributed by atoms with Gasteiger partial charge in [0, 0.05) is 11.6 Å². The fourth-order valence-electron chi connectivity index (χ4n) is 2.53. The van der Waals surface area contributed by atoms with E-state index in [1.54, 1.807) is 0 Å². The van der Waals surface area contributed by atoms with Crippen molar-refractivity contribution < 1.29 is 0 Å². The number of nitrogen functional groups attached to an aromatic ring is 1. The van der Waals surface area contributed by atoms with Gasteiger partial charge >= 0.3 is 0 Å². The molecule has 0 unspecified atom stereocenters. The number of nitrogens with zero attached hydrogens (tertiary/aromatic N) is 2. The van der Waals surface area contributed by atoms with Gasteiger partial charge in [0.05, 0.1) is 0 Å². The highest BCUT2D eigenvalue weighted by Crippen LogP contribution is 2.36. The van der Waals surface area contributed by atoms with Gasteiger partial charge < -0.3 is 11.1 Å². The summed E-state index contributed by atoms with van der Waals surface area (Å²) in [5, 5.41) is 3.54. The SMILES string of the molecule is Cc1nc(N)c(C)c(NC2CCC(C)(C)CC2)n1. The molecular weight excluding hydrogens is 224 g/mol. The Labute approximate surface area is 109 Å². The molecule has 0 atom stereocenters. The highest BCUT2D eigenvalue weighted by atomic mass is 15.1. The van der Waals surface area contributed by atoms with Crippen LogP contribution in [-0.4, -0.2) is 16.0 Å². The predicted molar refractivity (Wildman–Crippen MR) is 75.6 cm³/mol. The van der Waals surface area contributed by atoms with E-state index in [1.807, 2.05) is 13.8 Å². The third-order valence-electron chi connectivity index (χ3n) is 3.98. The highest BCUT2D eigenvalue weighted by molar-refractivity contribution is 5.55. The van der Waals surface area contributed by atoms with Crippen molar-refractivity contribution in [1.29, 1.82) is 0 Å². The monoisotopic (exact) mass is 248 g/mol. The van der Waals surface area contributed by atoms with Crippen LogP contribution in [-0.2, 0) is 0 Å². The molecule has 2 rings (SSSR count). The largest absolute Gasteiger partial charge is 0.383 e. The van der Waals surface area contributed by atoms with E-state index >= 15 is 0 Å². The van der Waals surface area contributed by atoms with Gasteiger partial charge in [-0.15, -0.1) is 0 Å². The van der Waals surface area contributed by atoms with Gasteiger partial charge in [-0.25, -0.2) is 9.97 Å². The first-order valence-electron chi connectivity index (χ1n) is 6.75. The normalized spacial score (nSPS) is 19.8. The van der Waals surface area contributed by atoms with Crippen molar-refractivity contribution in [2.75, 3.05) is 11.1 Å². The van der Waals surface area contributed by atoms with Gasteiger partial charge in [0.1, 0.15) is 17.5 Å². The van der Waals surface area contributed by atoms with Crippen LogP contribution in [0.1, 0.15) is 50.9 Å². The van der Waals surface area contributed by atoms with Crippen LogP contribution < -0.4 is 11.1 Å². The van der Waals surface area contributed by atoms with E-state index in [0.717, 1.165) is 17.2 Å². The Morgan fingerprint density at radius 1 is 1.17 bits per heavy atom. The summed E-state index contributed by atoms with van der Waals surface area (Å²) in [5.41, 5.74) is 7.34. The number of hydrogen-bond acceptors (Lipinski definition) is 4. The molecule has 0 saturated heterocycles. The molecular formula is C14H24N4. The van der Waals surface area contributed by atoms with Gasteiger partial charge in [0.2, 0.25) is 0 Å². The second-order valence-corrected chi connectivity index (χ2v) is 6.21. The molecule has 1 aromatic heterocycles. The maximum atomic E-state index is 5.88. The molecule has 1 aliphatic carbocycles. The molecule has 0 aliphatic heterocycles. The van der Waals surface area contributed by atoms with Gasteiger partial charge in [-0.05, 0) is 44.9 Å². The first-order chi connectivity index (χ1) is 8.37. The van der Waals surface area contributed by atoms with Crippen LogP contribution in [0.2, 0.25) is 0 Å². The Balaban J connectivity index is 2.07. The number of anilines is 2. The van der Waals surface area contributed by atoms with E-state index in [1.165, 1.54) is 25.7 Å². The maximum Gasteiger partial charge on any atom is 0.134 e. The van der Waals surface area contributed by atoms with Gasteiger partial charge in [-0.1, -0.05) is 13.8 Å². The fourth-order valence-corrected chi connectivity index (χ4v) is 2.53. The summed E-state index contributed by atoms with van der Waals surface area (Å²) in [6, 6.07) is 0.519. The third kappa shape index (κ3) is 2.92. The van der Waals surface area contributed by atoms with E-state index in [-0.39, 0.29) is 0 Å². The lowest BCUT2D eigenvalue weighted by atomic mass is 9.75. The van der Waals surface area contributed by atoms with Crippen LogP contribution >= 0.6 is 0 Å². The van der Waals surface area contributed by atoms with E-state index in [4.69, 9.17) is 5.73 Å². The van der Waals surface area contributed by atoms with Crippen molar-refractivity contribution >= 4 is 11.6 Å². The van der Waals surface area contributed by atoms with Crippen LogP contribution in [0.25, 0.3) is 0 Å². The molecule has 18 heavy (non-hydrogen) atoms. The van der Waals surface area contributed by atoms with Gasteiger partial charge in [0.25, 0.3) is 0 Å². The average Bonchev–Trinajstić information content (AvgIpc) is 2.28. The number of aromatic nitrogens is 2. The summed E-state index contributed by atoms with van der Waals surface area (Å²) in [4.78, 5) is 8.64. The first kappa shape index (κ1) is 13.1. The predicted octanol–water partition coefficient (Wildman–Crippen LogP) is 3.06. The average molecular weight is 248 g/mol. The molecule has 0 bridgehead atoms. The minimum Gasteiger partial charge on any atom is -0.383 e. The zero-order valence-corrected chi connectivity index (χ0v) is 11.9. The van der Waals surface area contributed by atoms with Crippen molar-refractivity contribution in [2.45, 2.75) is 59.4 Å². The van der Waals surface area contributed by atoms with E-state index < -0.39 is 0 Å². The summed E-state index contributed by atoms with van der Waals surface area (Å²) in [6.07, 6.45) is 4.94. The van der Waals surface area contributed by atoms with E-state index in [0.29, 0.717) is 17.3 Å². The number of nitrogens with one attached hydrogen (secondary N) is 1. The summed E-state index contributed by atoms with van der Waals surface area (Å²) >= 11 is 0. The number of nitrogens with two attached hydrogens (primary N) is 1. The van der Waals surface area contributed by atoms with Crippen LogP contribution in [0.3, 0.4) is 0 Å². The summed E-state index contributed by atoms with van der Waals surface area (Å²) in [6.45, 7) is 8.55. The summed E-state index contributed by atoms with van der Waals surface area (Å²) in [5.74, 6) is 2.22. The van der Waals surface area contributed by atoms with E-state index in [2.05, 4.69) is 29.1 Å². The number of aryl methyl sites for hydroxylation is 1. The number of rotatable bonds is 2. The Morgan fingerprint density at radius 2 is 1.78 bits per heavy atom. The lowest BCUT2D eigenvalue weighted by Gasteiger charge is -2.35. The maximum absolute atomic E-state index is 5.88. The molecule has 1 aliphatic rings. The van der Waals surface area contributed by atoms with Crippen molar-refractivity contribution in [3.63, 3.8) is 0 Å². The highest BCUT2D eigenvalue weighted by Gasteiger charge is 2.27. The zero-order chi connectivity index (χ0) is 13.3. The van der Waals surface area contributed by atoms with Crippen molar-refractivity contribution in [3.05, 3.63) is 11.4 Å². The van der Waals surface area contributed by atoms with Crippen LogP contribution in [0.4, 0.5) is 11.6 Å². The topological polar surface area (TPSA) is 63.8 Å². The molecule has 0 spiro atoms. The quantitative estimate of drug-likeness (QED) is 0.844. The lowest BCUT2D eigenvalue weighted by Crippen LogP contribution is -2.30. The van der Waals surface area contributed by atoms with Gasteiger partial charge in [-0.3, -0.25) is 0 Å². The smallest absolute Gasteiger partial charge is 0.134 e. The Morgan fingerprint density at radius 3 is 2.39 bits per heavy atom. The Hall–Kier alpha value is -1.32. The molecule has 1 saturated carbocycles. The molecule has 1 fully saturated rings. The van der Waals surface area contributed by atoms with Crippen molar-refractivity contribution in [1.82, 2.24) is 9.97 Å². The molecule has 100 valence electrons. The van der Waals surface area contributed by atoms with Crippen molar-refractivity contribution in [2.24, 2.45) is 5.41 Å². The minimum absolute atomic E-state index is 0.494. The third-order valence-corrected chi connectivity index (χ3v) is 3.98. The summed E-state index contributed by atoms with van der Waals surface area (Å²) < 4.78 is 0.